The highest BCUT2D eigenvalue weighted by molar-refractivity contribution is 5.82. The van der Waals surface area contributed by atoms with Crippen molar-refractivity contribution in [2.24, 2.45) is 0 Å². The summed E-state index contributed by atoms with van der Waals surface area (Å²) in [4.78, 5) is 2.12. The lowest BCUT2D eigenvalue weighted by molar-refractivity contribution is 0.446. The van der Waals surface area contributed by atoms with Crippen molar-refractivity contribution in [1.29, 1.82) is 0 Å². The highest BCUT2D eigenvalue weighted by Crippen LogP contribution is 2.43. The summed E-state index contributed by atoms with van der Waals surface area (Å²) in [6.45, 7) is 11.5. The Morgan fingerprint density at radius 1 is 0.543 bits per heavy atom. The second kappa shape index (κ2) is 9.26. The van der Waals surface area contributed by atoms with Crippen molar-refractivity contribution < 1.29 is 20.1 Å². The summed E-state index contributed by atoms with van der Waals surface area (Å²) in [5.74, 6) is 2.01. The van der Waals surface area contributed by atoms with E-state index in [-0.39, 0.29) is 17.2 Å². The first kappa shape index (κ1) is 24.0. The van der Waals surface area contributed by atoms with E-state index < -0.39 is 0 Å². The molecule has 180 valence electrons. The summed E-state index contributed by atoms with van der Waals surface area (Å²) in [6.07, 6.45) is 0. The van der Waals surface area contributed by atoms with E-state index in [1.807, 2.05) is 84.0 Å². The van der Waals surface area contributed by atoms with E-state index in [0.29, 0.717) is 17.1 Å². The number of phenolic OH excluding ortho intramolecular Hbond substituents is 3. The van der Waals surface area contributed by atoms with Crippen LogP contribution in [0.2, 0.25) is 0 Å². The molecule has 5 nitrogen and oxygen atoms in total. The number of aryl methyl sites for hydroxylation is 5. The fourth-order valence-corrected chi connectivity index (χ4v) is 4.22. The van der Waals surface area contributed by atoms with Gasteiger partial charge in [-0.25, -0.2) is 0 Å². The van der Waals surface area contributed by atoms with E-state index in [0.717, 1.165) is 44.9 Å². The summed E-state index contributed by atoms with van der Waals surface area (Å²) < 4.78 is 6.14. The Morgan fingerprint density at radius 3 is 1.57 bits per heavy atom. The van der Waals surface area contributed by atoms with Gasteiger partial charge in [0.05, 0.1) is 0 Å². The molecular weight excluding hydrogens is 438 g/mol. The summed E-state index contributed by atoms with van der Waals surface area (Å²) in [6, 6.07) is 18.7. The van der Waals surface area contributed by atoms with Crippen molar-refractivity contribution in [2.45, 2.75) is 41.5 Å². The number of benzene rings is 4. The van der Waals surface area contributed by atoms with Crippen molar-refractivity contribution in [3.8, 4) is 28.7 Å². The average Bonchev–Trinajstić information content (AvgIpc) is 2.81. The lowest BCUT2D eigenvalue weighted by Crippen LogP contribution is -2.13. The molecule has 0 heterocycles. The second-order valence-corrected chi connectivity index (χ2v) is 9.14. The van der Waals surface area contributed by atoms with Gasteiger partial charge in [-0.3, -0.25) is 0 Å². The third kappa shape index (κ3) is 4.62. The van der Waals surface area contributed by atoms with Gasteiger partial charge in [0.15, 0.2) is 0 Å². The van der Waals surface area contributed by atoms with Gasteiger partial charge in [-0.1, -0.05) is 6.07 Å². The first-order chi connectivity index (χ1) is 16.6. The number of nitrogens with zero attached hydrogens (tertiary/aromatic N) is 1. The Kier molecular flexibility index (Phi) is 6.35. The molecule has 0 unspecified atom stereocenters. The van der Waals surface area contributed by atoms with Gasteiger partial charge in [0.2, 0.25) is 0 Å². The summed E-state index contributed by atoms with van der Waals surface area (Å²) in [5.41, 5.74) is 7.80. The number of phenols is 3. The number of anilines is 3. The van der Waals surface area contributed by atoms with Gasteiger partial charge < -0.3 is 25.0 Å². The summed E-state index contributed by atoms with van der Waals surface area (Å²) >= 11 is 0. The Hall–Kier alpha value is -4.12. The molecule has 0 saturated heterocycles. The molecule has 0 amide bonds. The smallest absolute Gasteiger partial charge is 0.136 e. The largest absolute Gasteiger partial charge is 0.508 e. The van der Waals surface area contributed by atoms with E-state index in [4.69, 9.17) is 4.74 Å². The van der Waals surface area contributed by atoms with Crippen LogP contribution >= 0.6 is 0 Å². The molecule has 0 aliphatic carbocycles. The monoisotopic (exact) mass is 469 g/mol. The normalized spacial score (nSPS) is 10.9. The molecule has 0 spiro atoms. The first-order valence-electron chi connectivity index (χ1n) is 11.5. The van der Waals surface area contributed by atoms with Crippen molar-refractivity contribution in [3.63, 3.8) is 0 Å². The van der Waals surface area contributed by atoms with Gasteiger partial charge in [0.25, 0.3) is 0 Å². The van der Waals surface area contributed by atoms with Gasteiger partial charge >= 0.3 is 0 Å². The van der Waals surface area contributed by atoms with Crippen molar-refractivity contribution in [3.05, 3.63) is 94.0 Å². The Balaban J connectivity index is 1.82. The number of rotatable bonds is 5. The van der Waals surface area contributed by atoms with Crippen molar-refractivity contribution in [2.75, 3.05) is 4.90 Å². The van der Waals surface area contributed by atoms with Gasteiger partial charge in [-0.15, -0.1) is 0 Å². The maximum atomic E-state index is 10.2. The molecule has 3 N–H and O–H groups in total. The van der Waals surface area contributed by atoms with Crippen LogP contribution in [-0.4, -0.2) is 15.3 Å². The predicted molar refractivity (Wildman–Crippen MR) is 141 cm³/mol. The average molecular weight is 470 g/mol. The fraction of sp³-hybridized carbons (Fsp3) is 0.200. The summed E-state index contributed by atoms with van der Waals surface area (Å²) in [5, 5.41) is 30.6. The molecule has 4 rings (SSSR count). The lowest BCUT2D eigenvalue weighted by atomic mass is 10.0. The molecule has 0 bridgehead atoms. The molecule has 0 aromatic heterocycles. The Bertz CT molecular complexity index is 1350. The van der Waals surface area contributed by atoms with E-state index in [2.05, 4.69) is 4.90 Å². The second-order valence-electron chi connectivity index (χ2n) is 9.14. The van der Waals surface area contributed by atoms with Crippen LogP contribution in [0.5, 0.6) is 28.7 Å². The molecule has 0 saturated carbocycles. The van der Waals surface area contributed by atoms with E-state index in [1.54, 1.807) is 18.2 Å². The number of hydrogen-bond acceptors (Lipinski definition) is 5. The fourth-order valence-electron chi connectivity index (χ4n) is 4.22. The summed E-state index contributed by atoms with van der Waals surface area (Å²) in [7, 11) is 0. The minimum atomic E-state index is 0.199. The SMILES string of the molecule is Cc1cc(N(c2ccc(Oc3c(C)ccc(O)c3C)cc2)c2cc(C)c(O)cc2C)c(C)cc1O. The highest BCUT2D eigenvalue weighted by Gasteiger charge is 2.19. The maximum Gasteiger partial charge on any atom is 0.136 e. The third-order valence-electron chi connectivity index (χ3n) is 6.40. The molecule has 0 fully saturated rings. The topological polar surface area (TPSA) is 73.2 Å². The minimum absolute atomic E-state index is 0.199. The zero-order valence-electron chi connectivity index (χ0n) is 21.0. The molecule has 35 heavy (non-hydrogen) atoms. The van der Waals surface area contributed by atoms with Crippen molar-refractivity contribution >= 4 is 17.1 Å². The molecule has 4 aromatic carbocycles. The zero-order chi connectivity index (χ0) is 25.4. The molecule has 5 heteroatoms. The highest BCUT2D eigenvalue weighted by atomic mass is 16.5. The maximum absolute atomic E-state index is 10.2. The lowest BCUT2D eigenvalue weighted by Gasteiger charge is -2.29. The first-order valence-corrected chi connectivity index (χ1v) is 11.5. The van der Waals surface area contributed by atoms with Crippen LogP contribution in [0.1, 0.15) is 33.4 Å². The quantitative estimate of drug-likeness (QED) is 0.277. The van der Waals surface area contributed by atoms with Gasteiger partial charge in [-0.05, 0) is 124 Å². The predicted octanol–water partition coefficient (Wildman–Crippen LogP) is 7.92. The molecule has 0 aliphatic heterocycles. The number of aromatic hydroxyl groups is 3. The number of hydrogen-bond donors (Lipinski definition) is 3. The van der Waals surface area contributed by atoms with Crippen LogP contribution in [0.3, 0.4) is 0 Å². The van der Waals surface area contributed by atoms with Gasteiger partial charge in [0.1, 0.15) is 28.7 Å². The minimum Gasteiger partial charge on any atom is -0.508 e. The van der Waals surface area contributed by atoms with E-state index >= 15 is 0 Å². The van der Waals surface area contributed by atoms with Crippen molar-refractivity contribution in [1.82, 2.24) is 0 Å². The molecule has 0 atom stereocenters. The number of ether oxygens (including phenoxy) is 1. The van der Waals surface area contributed by atoms with Gasteiger partial charge in [0, 0.05) is 22.6 Å². The van der Waals surface area contributed by atoms with Gasteiger partial charge in [-0.2, -0.15) is 0 Å². The Labute approximate surface area is 206 Å². The molecule has 0 aliphatic rings. The molecule has 0 radical (unpaired) electrons. The van der Waals surface area contributed by atoms with Crippen LogP contribution in [-0.2, 0) is 0 Å². The van der Waals surface area contributed by atoms with Crippen LogP contribution in [0.25, 0.3) is 0 Å². The molecule has 4 aromatic rings. The van der Waals surface area contributed by atoms with E-state index in [1.165, 1.54) is 0 Å². The van der Waals surface area contributed by atoms with Crippen LogP contribution in [0, 0.1) is 41.5 Å². The third-order valence-corrected chi connectivity index (χ3v) is 6.40. The van der Waals surface area contributed by atoms with Crippen LogP contribution < -0.4 is 9.64 Å². The Morgan fingerprint density at radius 2 is 1.06 bits per heavy atom. The standard InChI is InChI=1S/C30H31NO4/c1-17-7-12-27(32)22(6)30(17)35-24-10-8-23(9-11-24)31(25-13-20(4)28(33)15-18(25)2)26-14-21(5)29(34)16-19(26)3/h7-16,32-34H,1-6H3. The van der Waals surface area contributed by atoms with Crippen LogP contribution in [0.4, 0.5) is 17.1 Å². The van der Waals surface area contributed by atoms with Crippen LogP contribution in [0.15, 0.2) is 60.7 Å². The molecular formula is C30H31NO4. The van der Waals surface area contributed by atoms with E-state index in [9.17, 15) is 15.3 Å². The zero-order valence-corrected chi connectivity index (χ0v) is 21.0.